The van der Waals surface area contributed by atoms with Gasteiger partial charge in [-0.25, -0.2) is 18.2 Å². The molecule has 1 rings (SSSR count). The largest absolute Gasteiger partial charge is 0.280 e. The van der Waals surface area contributed by atoms with Crippen molar-refractivity contribution in [2.75, 3.05) is 0 Å². The van der Waals surface area contributed by atoms with E-state index >= 15 is 0 Å². The minimum Gasteiger partial charge on any atom is -0.248 e. The lowest BCUT2D eigenvalue weighted by Gasteiger charge is -2.04. The van der Waals surface area contributed by atoms with E-state index in [9.17, 15) is 13.2 Å². The summed E-state index contributed by atoms with van der Waals surface area (Å²) >= 11 is 5.34. The molecule has 0 fully saturated rings. The molecule has 0 atom stereocenters. The van der Waals surface area contributed by atoms with Gasteiger partial charge in [-0.15, -0.1) is 0 Å². The second kappa shape index (κ2) is 4.29. The van der Waals surface area contributed by atoms with Gasteiger partial charge >= 0.3 is 0 Å². The lowest BCUT2D eigenvalue weighted by molar-refractivity contribution is 0.145. The van der Waals surface area contributed by atoms with Gasteiger partial charge in [0.15, 0.2) is 5.82 Å². The third-order valence-corrected chi connectivity index (χ3v) is 1.75. The second-order valence-electron chi connectivity index (χ2n) is 2.43. The maximum Gasteiger partial charge on any atom is 0.280 e. The SMILES string of the molecule is N#CCc1nc(C(F)F)cc(Cl)c1F. The van der Waals surface area contributed by atoms with Crippen molar-refractivity contribution >= 4 is 11.6 Å². The number of rotatable bonds is 2. The molecule has 0 aliphatic rings. The van der Waals surface area contributed by atoms with Crippen LogP contribution in [0.5, 0.6) is 0 Å². The molecule has 0 amide bonds. The number of nitrogens with zero attached hydrogens (tertiary/aromatic N) is 2. The van der Waals surface area contributed by atoms with Gasteiger partial charge in [0.25, 0.3) is 6.43 Å². The zero-order valence-electron chi connectivity index (χ0n) is 6.77. The Hall–Kier alpha value is -1.28. The van der Waals surface area contributed by atoms with E-state index in [1.54, 1.807) is 6.07 Å². The van der Waals surface area contributed by atoms with E-state index in [1.165, 1.54) is 0 Å². The minimum atomic E-state index is -2.83. The van der Waals surface area contributed by atoms with Gasteiger partial charge < -0.3 is 0 Å². The van der Waals surface area contributed by atoms with Gasteiger partial charge in [0.2, 0.25) is 0 Å². The summed E-state index contributed by atoms with van der Waals surface area (Å²) in [5, 5.41) is 7.83. The van der Waals surface area contributed by atoms with E-state index < -0.39 is 23.0 Å². The summed E-state index contributed by atoms with van der Waals surface area (Å²) in [6.07, 6.45) is -3.21. The topological polar surface area (TPSA) is 36.7 Å². The molecule has 0 unspecified atom stereocenters. The molecule has 0 radical (unpaired) electrons. The number of hydrogen-bond acceptors (Lipinski definition) is 2. The van der Waals surface area contributed by atoms with Crippen LogP contribution in [0.2, 0.25) is 5.02 Å². The number of pyridine rings is 1. The summed E-state index contributed by atoms with van der Waals surface area (Å²) in [6.45, 7) is 0. The molecule has 0 bridgehead atoms. The predicted octanol–water partition coefficient (Wildman–Crippen LogP) is 2.88. The van der Waals surface area contributed by atoms with Gasteiger partial charge in [0.1, 0.15) is 5.69 Å². The average Bonchev–Trinajstić information content (AvgIpc) is 2.12. The minimum absolute atomic E-state index is 0.352. The van der Waals surface area contributed by atoms with Crippen molar-refractivity contribution in [3.63, 3.8) is 0 Å². The maximum absolute atomic E-state index is 13.0. The smallest absolute Gasteiger partial charge is 0.248 e. The highest BCUT2D eigenvalue weighted by molar-refractivity contribution is 6.30. The predicted molar refractivity (Wildman–Crippen MR) is 43.5 cm³/mol. The van der Waals surface area contributed by atoms with Crippen LogP contribution in [0, 0.1) is 17.1 Å². The molecule has 0 saturated carbocycles. The van der Waals surface area contributed by atoms with Crippen LogP contribution < -0.4 is 0 Å². The van der Waals surface area contributed by atoms with E-state index in [0.29, 0.717) is 0 Å². The molecule has 74 valence electrons. The van der Waals surface area contributed by atoms with Crippen LogP contribution in [0.1, 0.15) is 17.8 Å². The highest BCUT2D eigenvalue weighted by Crippen LogP contribution is 2.24. The molecular formula is C8H4ClF3N2. The van der Waals surface area contributed by atoms with Crippen molar-refractivity contribution in [3.8, 4) is 6.07 Å². The number of alkyl halides is 2. The van der Waals surface area contributed by atoms with Crippen molar-refractivity contribution in [1.29, 1.82) is 5.26 Å². The molecule has 1 heterocycles. The maximum atomic E-state index is 13.0. The monoisotopic (exact) mass is 220 g/mol. The van der Waals surface area contributed by atoms with Crippen LogP contribution in [-0.2, 0) is 6.42 Å². The molecular weight excluding hydrogens is 217 g/mol. The lowest BCUT2D eigenvalue weighted by Crippen LogP contribution is -2.00. The zero-order chi connectivity index (χ0) is 10.7. The van der Waals surface area contributed by atoms with Crippen LogP contribution >= 0.6 is 11.6 Å². The van der Waals surface area contributed by atoms with Crippen molar-refractivity contribution in [2.45, 2.75) is 12.8 Å². The van der Waals surface area contributed by atoms with Crippen molar-refractivity contribution in [1.82, 2.24) is 4.98 Å². The molecule has 1 aromatic rings. The fraction of sp³-hybridized carbons (Fsp3) is 0.250. The van der Waals surface area contributed by atoms with E-state index in [1.807, 2.05) is 0 Å². The Labute approximate surface area is 82.9 Å². The van der Waals surface area contributed by atoms with Gasteiger partial charge in [0, 0.05) is 0 Å². The summed E-state index contributed by atoms with van der Waals surface area (Å²) in [7, 11) is 0. The Morgan fingerprint density at radius 3 is 2.71 bits per heavy atom. The number of nitriles is 1. The molecule has 0 aliphatic carbocycles. The summed E-state index contributed by atoms with van der Waals surface area (Å²) in [6, 6.07) is 2.36. The number of hydrogen-bond donors (Lipinski definition) is 0. The molecule has 14 heavy (non-hydrogen) atoms. The molecule has 1 aromatic heterocycles. The Balaban J connectivity index is 3.22. The first kappa shape index (κ1) is 10.8. The summed E-state index contributed by atoms with van der Waals surface area (Å²) in [5.41, 5.74) is -0.975. The summed E-state index contributed by atoms with van der Waals surface area (Å²) in [4.78, 5) is 3.29. The van der Waals surface area contributed by atoms with E-state index in [4.69, 9.17) is 16.9 Å². The van der Waals surface area contributed by atoms with Gasteiger partial charge in [0.05, 0.1) is 23.2 Å². The fourth-order valence-corrected chi connectivity index (χ4v) is 1.09. The van der Waals surface area contributed by atoms with Crippen LogP contribution in [-0.4, -0.2) is 4.98 Å². The Kier molecular flexibility index (Phi) is 3.31. The average molecular weight is 221 g/mol. The quantitative estimate of drug-likeness (QED) is 0.768. The lowest BCUT2D eigenvalue weighted by atomic mass is 10.2. The molecule has 6 heteroatoms. The van der Waals surface area contributed by atoms with Gasteiger partial charge in [-0.2, -0.15) is 5.26 Å². The van der Waals surface area contributed by atoms with Gasteiger partial charge in [-0.3, -0.25) is 0 Å². The third-order valence-electron chi connectivity index (χ3n) is 1.47. The van der Waals surface area contributed by atoms with Crippen LogP contribution in [0.3, 0.4) is 0 Å². The zero-order valence-corrected chi connectivity index (χ0v) is 7.52. The van der Waals surface area contributed by atoms with Crippen LogP contribution in [0.4, 0.5) is 13.2 Å². The van der Waals surface area contributed by atoms with E-state index in [2.05, 4.69) is 4.98 Å². The van der Waals surface area contributed by atoms with Gasteiger partial charge in [-0.05, 0) is 6.07 Å². The number of aromatic nitrogens is 1. The first-order valence-electron chi connectivity index (χ1n) is 3.56. The van der Waals surface area contributed by atoms with Crippen LogP contribution in [0.25, 0.3) is 0 Å². The van der Waals surface area contributed by atoms with E-state index in [-0.39, 0.29) is 12.1 Å². The first-order valence-corrected chi connectivity index (χ1v) is 3.94. The fourth-order valence-electron chi connectivity index (χ4n) is 0.872. The highest BCUT2D eigenvalue weighted by atomic mass is 35.5. The third kappa shape index (κ3) is 2.15. The summed E-state index contributed by atoms with van der Waals surface area (Å²) < 4.78 is 37.4. The number of halogens is 4. The van der Waals surface area contributed by atoms with E-state index in [0.717, 1.165) is 6.07 Å². The molecule has 2 nitrogen and oxygen atoms in total. The summed E-state index contributed by atoms with van der Waals surface area (Å²) in [5.74, 6) is -0.919. The van der Waals surface area contributed by atoms with Crippen molar-refractivity contribution in [2.24, 2.45) is 0 Å². The second-order valence-corrected chi connectivity index (χ2v) is 2.83. The Morgan fingerprint density at radius 2 is 2.21 bits per heavy atom. The Bertz CT molecular complexity index is 387. The normalized spacial score (nSPS) is 10.3. The first-order chi connectivity index (χ1) is 6.56. The molecule has 0 aromatic carbocycles. The van der Waals surface area contributed by atoms with Crippen molar-refractivity contribution < 1.29 is 13.2 Å². The Morgan fingerprint density at radius 1 is 1.57 bits per heavy atom. The standard InChI is InChI=1S/C8H4ClF3N2/c9-4-3-6(8(11)12)14-5(1-2-13)7(4)10/h3,8H,1H2. The molecule has 0 spiro atoms. The molecule has 0 N–H and O–H groups in total. The van der Waals surface area contributed by atoms with Gasteiger partial charge in [-0.1, -0.05) is 11.6 Å². The van der Waals surface area contributed by atoms with Crippen LogP contribution in [0.15, 0.2) is 6.07 Å². The van der Waals surface area contributed by atoms with Crippen molar-refractivity contribution in [3.05, 3.63) is 28.3 Å². The molecule has 0 aliphatic heterocycles. The molecule has 0 saturated heterocycles. The highest BCUT2D eigenvalue weighted by Gasteiger charge is 2.16.